The number of amides is 2. The third-order valence-corrected chi connectivity index (χ3v) is 4.72. The predicted molar refractivity (Wildman–Crippen MR) is 114 cm³/mol. The van der Waals surface area contributed by atoms with Gasteiger partial charge in [-0.3, -0.25) is 9.59 Å². The fourth-order valence-corrected chi connectivity index (χ4v) is 3.20. The number of hydrogen-bond donors (Lipinski definition) is 1. The Labute approximate surface area is 165 Å². The molecular formula is C24H24N2O2. The lowest BCUT2D eigenvalue weighted by molar-refractivity contribution is 0.0988. The first-order valence-electron chi connectivity index (χ1n) is 9.35. The Morgan fingerprint density at radius 2 is 1.43 bits per heavy atom. The first kappa shape index (κ1) is 19.4. The standard InChI is InChI=1S/C24H24N2O2/c1-4-26(21-14-6-5-7-15-21)24(28)20-13-9-12-19(16-20)23(27)25-22-17(2)10-8-11-18(22)3/h5-16H,4H2,1-3H3,(H,25,27). The molecule has 3 rings (SSSR count). The Morgan fingerprint density at radius 1 is 0.821 bits per heavy atom. The maximum Gasteiger partial charge on any atom is 0.258 e. The van der Waals surface area contributed by atoms with Crippen LogP contribution in [-0.2, 0) is 0 Å². The van der Waals surface area contributed by atoms with E-state index in [1.54, 1.807) is 29.2 Å². The minimum Gasteiger partial charge on any atom is -0.322 e. The maximum absolute atomic E-state index is 13.0. The van der Waals surface area contributed by atoms with Gasteiger partial charge in [0.25, 0.3) is 11.8 Å². The van der Waals surface area contributed by atoms with Gasteiger partial charge in [-0.1, -0.05) is 42.5 Å². The quantitative estimate of drug-likeness (QED) is 0.667. The molecule has 0 radical (unpaired) electrons. The first-order valence-corrected chi connectivity index (χ1v) is 9.35. The summed E-state index contributed by atoms with van der Waals surface area (Å²) >= 11 is 0. The number of hydrogen-bond acceptors (Lipinski definition) is 2. The van der Waals surface area contributed by atoms with E-state index in [2.05, 4.69) is 5.32 Å². The number of aryl methyl sites for hydroxylation is 2. The summed E-state index contributed by atoms with van der Waals surface area (Å²) in [5.41, 5.74) is 4.59. The summed E-state index contributed by atoms with van der Waals surface area (Å²) in [5.74, 6) is -0.356. The van der Waals surface area contributed by atoms with Gasteiger partial charge in [0, 0.05) is 29.0 Å². The van der Waals surface area contributed by atoms with Crippen molar-refractivity contribution in [2.24, 2.45) is 0 Å². The molecule has 0 aliphatic carbocycles. The van der Waals surface area contributed by atoms with Gasteiger partial charge < -0.3 is 10.2 Å². The summed E-state index contributed by atoms with van der Waals surface area (Å²) in [7, 11) is 0. The molecule has 0 bridgehead atoms. The number of rotatable bonds is 5. The van der Waals surface area contributed by atoms with E-state index < -0.39 is 0 Å². The largest absolute Gasteiger partial charge is 0.322 e. The van der Waals surface area contributed by atoms with Crippen LogP contribution in [0.25, 0.3) is 0 Å². The summed E-state index contributed by atoms with van der Waals surface area (Å²) in [5, 5.41) is 2.97. The SMILES string of the molecule is CCN(C(=O)c1cccc(C(=O)Nc2c(C)cccc2C)c1)c1ccccc1. The number of carbonyl (C=O) groups excluding carboxylic acids is 2. The van der Waals surface area contributed by atoms with Crippen LogP contribution in [0.15, 0.2) is 72.8 Å². The van der Waals surface area contributed by atoms with Gasteiger partial charge in [-0.05, 0) is 62.2 Å². The van der Waals surface area contributed by atoms with Crippen LogP contribution in [0.2, 0.25) is 0 Å². The topological polar surface area (TPSA) is 49.4 Å². The average molecular weight is 372 g/mol. The van der Waals surface area contributed by atoms with E-state index in [1.165, 1.54) is 0 Å². The van der Waals surface area contributed by atoms with Crippen molar-refractivity contribution in [2.45, 2.75) is 20.8 Å². The molecule has 0 aromatic heterocycles. The predicted octanol–water partition coefficient (Wildman–Crippen LogP) is 5.22. The van der Waals surface area contributed by atoms with Gasteiger partial charge in [0.15, 0.2) is 0 Å². The van der Waals surface area contributed by atoms with Crippen LogP contribution in [-0.4, -0.2) is 18.4 Å². The van der Waals surface area contributed by atoms with Crippen molar-refractivity contribution in [1.82, 2.24) is 0 Å². The molecule has 3 aromatic rings. The monoisotopic (exact) mass is 372 g/mol. The van der Waals surface area contributed by atoms with Crippen molar-refractivity contribution in [1.29, 1.82) is 0 Å². The summed E-state index contributed by atoms with van der Waals surface area (Å²) in [6.07, 6.45) is 0. The smallest absolute Gasteiger partial charge is 0.258 e. The van der Waals surface area contributed by atoms with Gasteiger partial charge in [-0.15, -0.1) is 0 Å². The molecule has 0 saturated carbocycles. The van der Waals surface area contributed by atoms with Gasteiger partial charge in [0.1, 0.15) is 0 Å². The van der Waals surface area contributed by atoms with Gasteiger partial charge in [-0.2, -0.15) is 0 Å². The van der Waals surface area contributed by atoms with Crippen LogP contribution in [0.4, 0.5) is 11.4 Å². The molecule has 1 N–H and O–H groups in total. The number of carbonyl (C=O) groups is 2. The second-order valence-electron chi connectivity index (χ2n) is 6.69. The highest BCUT2D eigenvalue weighted by Gasteiger charge is 2.18. The average Bonchev–Trinajstić information content (AvgIpc) is 2.72. The molecular weight excluding hydrogens is 348 g/mol. The van der Waals surface area contributed by atoms with Crippen molar-refractivity contribution in [2.75, 3.05) is 16.8 Å². The molecule has 0 atom stereocenters. The lowest BCUT2D eigenvalue weighted by Gasteiger charge is -2.21. The number of para-hydroxylation sites is 2. The summed E-state index contributed by atoms with van der Waals surface area (Å²) in [6, 6.07) is 22.3. The Balaban J connectivity index is 1.85. The molecule has 2 amide bonds. The Hall–Kier alpha value is -3.40. The van der Waals surface area contributed by atoms with Gasteiger partial charge in [-0.25, -0.2) is 0 Å². The Kier molecular flexibility index (Phi) is 5.90. The molecule has 28 heavy (non-hydrogen) atoms. The third kappa shape index (κ3) is 4.12. The fourth-order valence-electron chi connectivity index (χ4n) is 3.20. The molecule has 0 heterocycles. The van der Waals surface area contributed by atoms with E-state index in [1.807, 2.05) is 69.3 Å². The summed E-state index contributed by atoms with van der Waals surface area (Å²) < 4.78 is 0. The van der Waals surface area contributed by atoms with Crippen LogP contribution in [0.3, 0.4) is 0 Å². The lowest BCUT2D eigenvalue weighted by Crippen LogP contribution is -2.30. The zero-order chi connectivity index (χ0) is 20.1. The van der Waals surface area contributed by atoms with Gasteiger partial charge >= 0.3 is 0 Å². The minimum atomic E-state index is -0.227. The molecule has 0 saturated heterocycles. The molecule has 0 aliphatic heterocycles. The highest BCUT2D eigenvalue weighted by molar-refractivity contribution is 6.09. The fraction of sp³-hybridized carbons (Fsp3) is 0.167. The number of nitrogens with zero attached hydrogens (tertiary/aromatic N) is 1. The normalized spacial score (nSPS) is 10.4. The van der Waals surface area contributed by atoms with Gasteiger partial charge in [0.2, 0.25) is 0 Å². The van der Waals surface area contributed by atoms with Crippen LogP contribution < -0.4 is 10.2 Å². The summed E-state index contributed by atoms with van der Waals surface area (Å²) in [6.45, 7) is 6.40. The zero-order valence-electron chi connectivity index (χ0n) is 16.4. The molecule has 4 nitrogen and oxygen atoms in total. The molecule has 142 valence electrons. The second-order valence-corrected chi connectivity index (χ2v) is 6.69. The van der Waals surface area contributed by atoms with E-state index in [0.29, 0.717) is 17.7 Å². The zero-order valence-corrected chi connectivity index (χ0v) is 16.4. The Morgan fingerprint density at radius 3 is 2.07 bits per heavy atom. The number of benzene rings is 3. The molecule has 0 unspecified atom stereocenters. The van der Waals surface area contributed by atoms with Crippen molar-refractivity contribution < 1.29 is 9.59 Å². The van der Waals surface area contributed by atoms with Crippen molar-refractivity contribution in [3.05, 3.63) is 95.1 Å². The second kappa shape index (κ2) is 8.53. The van der Waals surface area contributed by atoms with Crippen LogP contribution >= 0.6 is 0 Å². The lowest BCUT2D eigenvalue weighted by atomic mass is 10.1. The molecule has 0 spiro atoms. The first-order chi connectivity index (χ1) is 13.5. The maximum atomic E-state index is 13.0. The molecule has 0 fully saturated rings. The van der Waals surface area contributed by atoms with E-state index in [4.69, 9.17) is 0 Å². The molecule has 0 aliphatic rings. The van der Waals surface area contributed by atoms with E-state index in [0.717, 1.165) is 22.5 Å². The van der Waals surface area contributed by atoms with E-state index in [9.17, 15) is 9.59 Å². The minimum absolute atomic E-state index is 0.129. The Bertz CT molecular complexity index is 976. The van der Waals surface area contributed by atoms with Gasteiger partial charge in [0.05, 0.1) is 0 Å². The van der Waals surface area contributed by atoms with E-state index in [-0.39, 0.29) is 11.8 Å². The van der Waals surface area contributed by atoms with Crippen molar-refractivity contribution >= 4 is 23.2 Å². The van der Waals surface area contributed by atoms with Crippen LogP contribution in [0.5, 0.6) is 0 Å². The van der Waals surface area contributed by atoms with Crippen LogP contribution in [0.1, 0.15) is 38.8 Å². The molecule has 4 heteroatoms. The molecule has 3 aromatic carbocycles. The summed E-state index contributed by atoms with van der Waals surface area (Å²) in [4.78, 5) is 27.5. The number of anilines is 2. The van der Waals surface area contributed by atoms with Crippen LogP contribution in [0, 0.1) is 13.8 Å². The highest BCUT2D eigenvalue weighted by atomic mass is 16.2. The number of nitrogens with one attached hydrogen (secondary N) is 1. The highest BCUT2D eigenvalue weighted by Crippen LogP contribution is 2.21. The van der Waals surface area contributed by atoms with E-state index >= 15 is 0 Å². The third-order valence-electron chi connectivity index (χ3n) is 4.72. The van der Waals surface area contributed by atoms with Crippen molar-refractivity contribution in [3.63, 3.8) is 0 Å². The van der Waals surface area contributed by atoms with Crippen molar-refractivity contribution in [3.8, 4) is 0 Å².